The van der Waals surface area contributed by atoms with Crippen LogP contribution < -0.4 is 0 Å². The Hall–Kier alpha value is 0.540. The third-order valence-electron chi connectivity index (χ3n) is 2.95. The summed E-state index contributed by atoms with van der Waals surface area (Å²) >= 11 is 11.4. The van der Waals surface area contributed by atoms with E-state index in [-0.39, 0.29) is 0 Å². The predicted octanol–water partition coefficient (Wildman–Crippen LogP) is 2.78. The highest BCUT2D eigenvalue weighted by Crippen LogP contribution is 2.47. The topological polar surface area (TPSA) is 3.24 Å². The molecule has 0 aliphatic heterocycles. The second-order valence-electron chi connectivity index (χ2n) is 3.50. The van der Waals surface area contributed by atoms with E-state index < -0.39 is 0 Å². The van der Waals surface area contributed by atoms with Gasteiger partial charge in [0.05, 0.1) is 0 Å². The van der Waals surface area contributed by atoms with Crippen molar-refractivity contribution in [2.45, 2.75) is 31.7 Å². The summed E-state index contributed by atoms with van der Waals surface area (Å²) in [5.41, 5.74) is 0. The van der Waals surface area contributed by atoms with Crippen LogP contribution in [0, 0.1) is 11.8 Å². The molecule has 3 atom stereocenters. The number of fused-ring (bicyclic) bond motifs is 2. The molecule has 2 fully saturated rings. The van der Waals surface area contributed by atoms with Crippen molar-refractivity contribution in [1.82, 2.24) is 3.94 Å². The lowest BCUT2D eigenvalue weighted by atomic mass is 9.96. The third-order valence-corrected chi connectivity index (χ3v) is 3.45. The first-order valence-electron chi connectivity index (χ1n) is 3.88. The van der Waals surface area contributed by atoms with Gasteiger partial charge in [-0.1, -0.05) is 6.42 Å². The third kappa shape index (κ3) is 1.05. The van der Waals surface area contributed by atoms with Crippen molar-refractivity contribution in [2.75, 3.05) is 0 Å². The molecule has 2 bridgehead atoms. The average Bonchev–Trinajstić information content (AvgIpc) is 2.44. The van der Waals surface area contributed by atoms with Crippen LogP contribution in [0.15, 0.2) is 0 Å². The molecule has 0 spiro atoms. The van der Waals surface area contributed by atoms with Gasteiger partial charge in [0.25, 0.3) is 0 Å². The zero-order valence-electron chi connectivity index (χ0n) is 5.76. The minimum atomic E-state index is 0.460. The summed E-state index contributed by atoms with van der Waals surface area (Å²) in [4.78, 5) is 0. The van der Waals surface area contributed by atoms with Crippen LogP contribution in [0.4, 0.5) is 0 Å². The molecule has 1 nitrogen and oxygen atoms in total. The lowest BCUT2D eigenvalue weighted by molar-refractivity contribution is 0.328. The van der Waals surface area contributed by atoms with Gasteiger partial charge in [0.2, 0.25) is 0 Å². The van der Waals surface area contributed by atoms with Crippen molar-refractivity contribution < 1.29 is 0 Å². The molecule has 2 aliphatic carbocycles. The Morgan fingerprint density at radius 1 is 1.10 bits per heavy atom. The Morgan fingerprint density at radius 2 is 1.90 bits per heavy atom. The molecule has 58 valence electrons. The molecule has 0 aromatic carbocycles. The van der Waals surface area contributed by atoms with Gasteiger partial charge < -0.3 is 0 Å². The second-order valence-corrected chi connectivity index (χ2v) is 4.40. The first kappa shape index (κ1) is 7.20. The summed E-state index contributed by atoms with van der Waals surface area (Å²) in [5.74, 6) is 1.72. The fraction of sp³-hybridized carbons (Fsp3) is 1.00. The molecular weight excluding hydrogens is 169 g/mol. The molecule has 2 saturated carbocycles. The Kier molecular flexibility index (Phi) is 1.83. The zero-order valence-corrected chi connectivity index (χ0v) is 7.28. The summed E-state index contributed by atoms with van der Waals surface area (Å²) < 4.78 is 1.36. The molecule has 0 heterocycles. The van der Waals surface area contributed by atoms with Crippen molar-refractivity contribution in [3.8, 4) is 0 Å². The van der Waals surface area contributed by atoms with Gasteiger partial charge in [-0.3, -0.25) is 0 Å². The van der Waals surface area contributed by atoms with Gasteiger partial charge in [0.15, 0.2) is 0 Å². The molecule has 3 heteroatoms. The van der Waals surface area contributed by atoms with Gasteiger partial charge >= 0.3 is 0 Å². The maximum absolute atomic E-state index is 5.68. The largest absolute Gasteiger partial charge is 0.128 e. The molecule has 2 aliphatic rings. The predicted molar refractivity (Wildman–Crippen MR) is 42.8 cm³/mol. The van der Waals surface area contributed by atoms with Crippen LogP contribution in [0.1, 0.15) is 25.7 Å². The van der Waals surface area contributed by atoms with Crippen LogP contribution in [0.2, 0.25) is 0 Å². The highest BCUT2D eigenvalue weighted by molar-refractivity contribution is 6.34. The van der Waals surface area contributed by atoms with E-state index in [4.69, 9.17) is 23.6 Å². The maximum atomic E-state index is 5.68. The van der Waals surface area contributed by atoms with E-state index in [1.807, 2.05) is 0 Å². The fourth-order valence-corrected chi connectivity index (χ4v) is 2.93. The van der Waals surface area contributed by atoms with Crippen molar-refractivity contribution in [3.05, 3.63) is 0 Å². The lowest BCUT2D eigenvalue weighted by Crippen LogP contribution is -2.25. The minimum Gasteiger partial charge on any atom is -0.128 e. The van der Waals surface area contributed by atoms with Gasteiger partial charge in [-0.25, -0.2) is 0 Å². The van der Waals surface area contributed by atoms with Gasteiger partial charge in [-0.05, 0) is 54.7 Å². The van der Waals surface area contributed by atoms with Gasteiger partial charge in [0, 0.05) is 6.04 Å². The zero-order chi connectivity index (χ0) is 7.14. The van der Waals surface area contributed by atoms with E-state index in [2.05, 4.69) is 0 Å². The van der Waals surface area contributed by atoms with Gasteiger partial charge in [0.1, 0.15) is 0 Å². The number of hydrogen-bond donors (Lipinski definition) is 0. The Bertz CT molecular complexity index is 138. The van der Waals surface area contributed by atoms with E-state index >= 15 is 0 Å². The Labute approximate surface area is 71.5 Å². The van der Waals surface area contributed by atoms with Crippen LogP contribution in [0.25, 0.3) is 0 Å². The summed E-state index contributed by atoms with van der Waals surface area (Å²) in [6.45, 7) is 0. The molecule has 0 radical (unpaired) electrons. The fourth-order valence-electron chi connectivity index (χ4n) is 2.45. The van der Waals surface area contributed by atoms with Crippen molar-refractivity contribution >= 4 is 23.6 Å². The standard InChI is InChI=1S/C7H11Cl2N/c8-10(9)7-4-5-1-2-6(7)3-5/h5-7H,1-4H2/t5-,6-,7+/m0/s1. The monoisotopic (exact) mass is 179 g/mol. The molecule has 0 aromatic heterocycles. The van der Waals surface area contributed by atoms with Crippen LogP contribution in [0.3, 0.4) is 0 Å². The van der Waals surface area contributed by atoms with E-state index in [0.29, 0.717) is 6.04 Å². The van der Waals surface area contributed by atoms with Crippen LogP contribution in [-0.4, -0.2) is 9.98 Å². The summed E-state index contributed by atoms with van der Waals surface area (Å²) in [6.07, 6.45) is 5.33. The van der Waals surface area contributed by atoms with Crippen molar-refractivity contribution in [1.29, 1.82) is 0 Å². The van der Waals surface area contributed by atoms with E-state index in [1.165, 1.54) is 29.6 Å². The summed E-state index contributed by atoms with van der Waals surface area (Å²) in [5, 5.41) is 0. The van der Waals surface area contributed by atoms with Gasteiger partial charge in [-0.15, -0.1) is 3.94 Å². The Balaban J connectivity index is 2.02. The summed E-state index contributed by atoms with van der Waals surface area (Å²) in [7, 11) is 0. The molecule has 10 heavy (non-hydrogen) atoms. The first-order valence-corrected chi connectivity index (χ1v) is 4.56. The first-order chi connectivity index (χ1) is 4.77. The Morgan fingerprint density at radius 3 is 2.20 bits per heavy atom. The number of nitrogens with zero attached hydrogens (tertiary/aromatic N) is 1. The number of rotatable bonds is 1. The van der Waals surface area contributed by atoms with E-state index in [1.54, 1.807) is 0 Å². The molecule has 0 amide bonds. The molecule has 0 N–H and O–H groups in total. The van der Waals surface area contributed by atoms with Crippen LogP contribution in [0.5, 0.6) is 0 Å². The second kappa shape index (κ2) is 2.54. The maximum Gasteiger partial charge on any atom is 0.0447 e. The van der Waals surface area contributed by atoms with Crippen molar-refractivity contribution in [3.63, 3.8) is 0 Å². The van der Waals surface area contributed by atoms with E-state index in [9.17, 15) is 0 Å². The SMILES string of the molecule is ClN(Cl)[C@@H]1C[C@H]2CC[C@H]1C2. The summed E-state index contributed by atoms with van der Waals surface area (Å²) in [6, 6.07) is 0.460. The van der Waals surface area contributed by atoms with E-state index in [0.717, 1.165) is 11.8 Å². The average molecular weight is 180 g/mol. The quantitative estimate of drug-likeness (QED) is 0.561. The molecule has 0 aromatic rings. The van der Waals surface area contributed by atoms with Gasteiger partial charge in [-0.2, -0.15) is 0 Å². The lowest BCUT2D eigenvalue weighted by Gasteiger charge is -2.23. The van der Waals surface area contributed by atoms with Crippen LogP contribution in [-0.2, 0) is 0 Å². The van der Waals surface area contributed by atoms with Crippen LogP contribution >= 0.6 is 23.6 Å². The molecule has 0 saturated heterocycles. The molecular formula is C7H11Cl2N. The highest BCUT2D eigenvalue weighted by atomic mass is 35.5. The highest BCUT2D eigenvalue weighted by Gasteiger charge is 2.41. The smallest absolute Gasteiger partial charge is 0.0447 e. The minimum absolute atomic E-state index is 0.460. The number of halogens is 2. The normalized spacial score (nSPS) is 45.3. The molecule has 2 rings (SSSR count). The van der Waals surface area contributed by atoms with Crippen molar-refractivity contribution in [2.24, 2.45) is 11.8 Å². The number of hydrogen-bond acceptors (Lipinski definition) is 1. The molecule has 0 unspecified atom stereocenters.